The number of fused-ring (bicyclic) bond motifs is 2. The molecule has 0 aliphatic carbocycles. The first-order chi connectivity index (χ1) is 20.8. The Morgan fingerprint density at radius 1 is 0.721 bits per heavy atom. The van der Waals surface area contributed by atoms with E-state index in [1.165, 1.54) is 39.0 Å². The lowest BCUT2D eigenvalue weighted by Crippen LogP contribution is -2.08. The number of imidazole rings is 2. The highest BCUT2D eigenvalue weighted by Gasteiger charge is 2.22. The number of anilines is 4. The summed E-state index contributed by atoms with van der Waals surface area (Å²) in [6, 6.07) is 19.4. The summed E-state index contributed by atoms with van der Waals surface area (Å²) in [5, 5.41) is 5.84. The molecule has 0 saturated carbocycles. The number of benzene rings is 4. The molecule has 2 heterocycles. The molecule has 0 spiro atoms. The minimum Gasteiger partial charge on any atom is -0.465 e. The number of halogens is 3. The number of nitrogens with one attached hydrogen (secondary N) is 4. The van der Waals surface area contributed by atoms with E-state index in [2.05, 4.69) is 53.2 Å². The standard InChI is InChI=1S/C15H11FIN3O2.C15H12FN3O2/c1-22-15(21)10-6-11-14(19-7-18-11)12(16)13(10)20-9-4-2-8(17)3-5-9;1-21-15(20)10-7-11-14(18-8-17-11)12(16)13(10)19-9-5-3-2-4-6-9/h2-7,20H,1H3,(H,18,19);2-8,19H,1H3,(H,17,18). The average Bonchev–Trinajstić information content (AvgIpc) is 3.71. The molecule has 6 aromatic rings. The van der Waals surface area contributed by atoms with Gasteiger partial charge in [0, 0.05) is 14.9 Å². The fourth-order valence-corrected chi connectivity index (χ4v) is 4.57. The van der Waals surface area contributed by atoms with Crippen LogP contribution in [-0.4, -0.2) is 46.1 Å². The van der Waals surface area contributed by atoms with Crippen molar-refractivity contribution in [3.63, 3.8) is 0 Å². The summed E-state index contributed by atoms with van der Waals surface area (Å²) in [6.45, 7) is 0. The number of aromatic nitrogens is 4. The molecule has 218 valence electrons. The monoisotopic (exact) mass is 696 g/mol. The van der Waals surface area contributed by atoms with Gasteiger partial charge in [0.25, 0.3) is 0 Å². The molecule has 0 bridgehead atoms. The molecule has 10 nitrogen and oxygen atoms in total. The molecule has 0 aliphatic heterocycles. The predicted molar refractivity (Wildman–Crippen MR) is 167 cm³/mol. The Hall–Kier alpha value is -5.05. The van der Waals surface area contributed by atoms with Crippen LogP contribution in [0.1, 0.15) is 20.7 Å². The quantitative estimate of drug-likeness (QED) is 0.107. The summed E-state index contributed by atoms with van der Waals surface area (Å²) in [4.78, 5) is 37.2. The van der Waals surface area contributed by atoms with Gasteiger partial charge in [-0.25, -0.2) is 28.3 Å². The van der Waals surface area contributed by atoms with Gasteiger partial charge >= 0.3 is 11.9 Å². The molecule has 0 fully saturated rings. The molecule has 4 N–H and O–H groups in total. The number of H-pyrrole nitrogens is 2. The number of carbonyl (C=O) groups excluding carboxylic acids is 2. The Kier molecular flexibility index (Phi) is 8.80. The highest BCUT2D eigenvalue weighted by molar-refractivity contribution is 14.1. The number of aromatic amines is 2. The van der Waals surface area contributed by atoms with Crippen molar-refractivity contribution in [1.29, 1.82) is 0 Å². The molecule has 4 aromatic carbocycles. The maximum Gasteiger partial charge on any atom is 0.340 e. The van der Waals surface area contributed by atoms with E-state index in [4.69, 9.17) is 9.47 Å². The third-order valence-electron chi connectivity index (χ3n) is 6.28. The van der Waals surface area contributed by atoms with E-state index in [0.717, 1.165) is 3.57 Å². The highest BCUT2D eigenvalue weighted by atomic mass is 127. The number of para-hydroxylation sites is 1. The summed E-state index contributed by atoms with van der Waals surface area (Å²) in [5.74, 6) is -2.44. The second kappa shape index (κ2) is 12.9. The van der Waals surface area contributed by atoms with E-state index in [0.29, 0.717) is 22.4 Å². The Bertz CT molecular complexity index is 1930. The molecule has 2 aromatic heterocycles. The Labute approximate surface area is 257 Å². The third kappa shape index (κ3) is 6.25. The van der Waals surface area contributed by atoms with Crippen LogP contribution in [0.2, 0.25) is 0 Å². The smallest absolute Gasteiger partial charge is 0.340 e. The maximum absolute atomic E-state index is 14.7. The second-order valence-electron chi connectivity index (χ2n) is 8.93. The lowest BCUT2D eigenvalue weighted by molar-refractivity contribution is 0.0592. The summed E-state index contributed by atoms with van der Waals surface area (Å²) in [7, 11) is 2.51. The number of carbonyl (C=O) groups is 2. The Morgan fingerprint density at radius 3 is 1.60 bits per heavy atom. The number of nitrogens with zero attached hydrogens (tertiary/aromatic N) is 2. The largest absolute Gasteiger partial charge is 0.465 e. The molecule has 0 radical (unpaired) electrons. The van der Waals surface area contributed by atoms with E-state index in [1.807, 2.05) is 30.3 Å². The molecule has 6 rings (SSSR count). The number of esters is 2. The summed E-state index contributed by atoms with van der Waals surface area (Å²) in [6.07, 6.45) is 2.75. The molecule has 0 atom stereocenters. The maximum atomic E-state index is 14.7. The fraction of sp³-hybridized carbons (Fsp3) is 0.0667. The Balaban J connectivity index is 0.000000171. The zero-order valence-corrected chi connectivity index (χ0v) is 24.8. The van der Waals surface area contributed by atoms with Gasteiger partial charge < -0.3 is 30.1 Å². The van der Waals surface area contributed by atoms with Gasteiger partial charge in [-0.05, 0) is 71.1 Å². The fourth-order valence-electron chi connectivity index (χ4n) is 4.21. The Morgan fingerprint density at radius 2 is 1.16 bits per heavy atom. The second-order valence-corrected chi connectivity index (χ2v) is 10.2. The number of methoxy groups -OCH3 is 2. The summed E-state index contributed by atoms with van der Waals surface area (Å²) in [5.41, 5.74) is 2.85. The number of hydrogen-bond donors (Lipinski definition) is 4. The van der Waals surface area contributed by atoms with Gasteiger partial charge in [-0.1, -0.05) is 18.2 Å². The van der Waals surface area contributed by atoms with Gasteiger partial charge in [-0.2, -0.15) is 0 Å². The molecule has 0 amide bonds. The van der Waals surface area contributed by atoms with Crippen LogP contribution >= 0.6 is 22.6 Å². The van der Waals surface area contributed by atoms with Gasteiger partial charge in [0.2, 0.25) is 0 Å². The van der Waals surface area contributed by atoms with Gasteiger partial charge in [-0.15, -0.1) is 0 Å². The van der Waals surface area contributed by atoms with Gasteiger partial charge in [-0.3, -0.25) is 0 Å². The van der Waals surface area contributed by atoms with Crippen LogP contribution in [0.3, 0.4) is 0 Å². The van der Waals surface area contributed by atoms with E-state index in [-0.39, 0.29) is 33.5 Å². The molecule has 0 unspecified atom stereocenters. The first kappa shape index (κ1) is 29.4. The van der Waals surface area contributed by atoms with E-state index in [9.17, 15) is 18.4 Å². The van der Waals surface area contributed by atoms with Crippen molar-refractivity contribution < 1.29 is 27.8 Å². The average molecular weight is 696 g/mol. The summed E-state index contributed by atoms with van der Waals surface area (Å²) >= 11 is 2.18. The van der Waals surface area contributed by atoms with Crippen LogP contribution in [0.15, 0.2) is 79.4 Å². The van der Waals surface area contributed by atoms with E-state index < -0.39 is 23.6 Å². The normalized spacial score (nSPS) is 10.6. The van der Waals surface area contributed by atoms with Crippen LogP contribution in [-0.2, 0) is 9.47 Å². The van der Waals surface area contributed by atoms with Crippen LogP contribution in [0.5, 0.6) is 0 Å². The molecular formula is C30H23F2IN6O4. The van der Waals surface area contributed by atoms with E-state index >= 15 is 0 Å². The third-order valence-corrected chi connectivity index (χ3v) is 6.99. The van der Waals surface area contributed by atoms with Crippen molar-refractivity contribution in [3.8, 4) is 0 Å². The lowest BCUT2D eigenvalue weighted by Gasteiger charge is -2.12. The minimum absolute atomic E-state index is 0.0488. The summed E-state index contributed by atoms with van der Waals surface area (Å²) < 4.78 is 39.8. The van der Waals surface area contributed by atoms with Crippen molar-refractivity contribution in [2.75, 3.05) is 24.9 Å². The lowest BCUT2D eigenvalue weighted by atomic mass is 10.1. The molecule has 43 heavy (non-hydrogen) atoms. The van der Waals surface area contributed by atoms with Gasteiger partial charge in [0.1, 0.15) is 11.0 Å². The number of ether oxygens (including phenoxy) is 2. The molecule has 0 saturated heterocycles. The van der Waals surface area contributed by atoms with Crippen LogP contribution in [0.4, 0.5) is 31.5 Å². The van der Waals surface area contributed by atoms with E-state index in [1.54, 1.807) is 24.3 Å². The predicted octanol–water partition coefficient (Wildman–Crippen LogP) is 7.07. The van der Waals surface area contributed by atoms with Gasteiger partial charge in [0.15, 0.2) is 11.6 Å². The SMILES string of the molecule is COC(=O)c1cc2[nH]cnc2c(F)c1Nc1ccc(I)cc1.COC(=O)c1cc2[nH]cnc2c(F)c1Nc1ccccc1. The van der Waals surface area contributed by atoms with Gasteiger partial charge in [0.05, 0.1) is 60.4 Å². The first-order valence-corrected chi connectivity index (χ1v) is 13.7. The van der Waals surface area contributed by atoms with Crippen LogP contribution < -0.4 is 10.6 Å². The van der Waals surface area contributed by atoms with Crippen molar-refractivity contribution in [2.24, 2.45) is 0 Å². The first-order valence-electron chi connectivity index (χ1n) is 12.6. The molecule has 0 aliphatic rings. The molecule has 13 heteroatoms. The van der Waals surface area contributed by atoms with Crippen LogP contribution in [0.25, 0.3) is 22.1 Å². The zero-order valence-electron chi connectivity index (χ0n) is 22.7. The van der Waals surface area contributed by atoms with Crippen molar-refractivity contribution >= 4 is 79.3 Å². The highest BCUT2D eigenvalue weighted by Crippen LogP contribution is 2.31. The van der Waals surface area contributed by atoms with Crippen molar-refractivity contribution in [3.05, 3.63) is 106 Å². The minimum atomic E-state index is -0.622. The topological polar surface area (TPSA) is 134 Å². The molecular weight excluding hydrogens is 673 g/mol. The number of hydrogen-bond acceptors (Lipinski definition) is 8. The van der Waals surface area contributed by atoms with Crippen molar-refractivity contribution in [1.82, 2.24) is 19.9 Å². The number of rotatable bonds is 6. The van der Waals surface area contributed by atoms with Crippen LogP contribution in [0, 0.1) is 15.2 Å². The van der Waals surface area contributed by atoms with Crippen molar-refractivity contribution in [2.45, 2.75) is 0 Å². The zero-order chi connectivity index (χ0) is 30.5.